The molecule has 0 atom stereocenters. The largest absolute Gasteiger partial charge is 0.424 e. The summed E-state index contributed by atoms with van der Waals surface area (Å²) in [5, 5.41) is 3.11. The molecule has 0 aliphatic carbocycles. The smallest absolute Gasteiger partial charge is 0.349 e. The second-order valence-corrected chi connectivity index (χ2v) is 6.07. The Kier molecular flexibility index (Phi) is 6.81. The molecular weight excluding hydrogens is 373 g/mol. The third kappa shape index (κ3) is 5.19. The van der Waals surface area contributed by atoms with E-state index in [1.165, 1.54) is 18.2 Å². The molecule has 2 rings (SSSR count). The van der Waals surface area contributed by atoms with Gasteiger partial charge in [0, 0.05) is 31.7 Å². The van der Waals surface area contributed by atoms with Gasteiger partial charge >= 0.3 is 11.6 Å². The Balaban J connectivity index is 2.20. The summed E-state index contributed by atoms with van der Waals surface area (Å²) in [6, 6.07) is 5.76. The Bertz CT molecular complexity index is 833. The van der Waals surface area contributed by atoms with Crippen LogP contribution in [0.1, 0.15) is 16.8 Å². The SMILES string of the molecule is COCCCNC(=O)c1cc2ccc(OC(=O)C(Cl)Cl)cc2oc1=O. The van der Waals surface area contributed by atoms with Gasteiger partial charge in [-0.15, -0.1) is 0 Å². The van der Waals surface area contributed by atoms with Gasteiger partial charge in [-0.2, -0.15) is 0 Å². The maximum Gasteiger partial charge on any atom is 0.349 e. The van der Waals surface area contributed by atoms with Crippen LogP contribution in [-0.2, 0) is 9.53 Å². The van der Waals surface area contributed by atoms with Crippen molar-refractivity contribution in [2.24, 2.45) is 0 Å². The van der Waals surface area contributed by atoms with Crippen LogP contribution in [-0.4, -0.2) is 37.0 Å². The number of ether oxygens (including phenoxy) is 2. The predicted octanol–water partition coefficient (Wildman–Crippen LogP) is 2.27. The van der Waals surface area contributed by atoms with E-state index in [4.69, 9.17) is 37.1 Å². The third-order valence-corrected chi connectivity index (χ3v) is 3.52. The van der Waals surface area contributed by atoms with E-state index < -0.39 is 22.3 Å². The molecule has 1 aromatic heterocycles. The van der Waals surface area contributed by atoms with Crippen molar-refractivity contribution in [2.75, 3.05) is 20.3 Å². The molecule has 7 nitrogen and oxygen atoms in total. The molecule has 9 heteroatoms. The fraction of sp³-hybridized carbons (Fsp3) is 0.312. The van der Waals surface area contributed by atoms with E-state index in [9.17, 15) is 14.4 Å². The summed E-state index contributed by atoms with van der Waals surface area (Å²) >= 11 is 10.8. The number of alkyl halides is 2. The molecule has 2 aromatic rings. The molecule has 0 bridgehead atoms. The van der Waals surface area contributed by atoms with Crippen LogP contribution in [0.15, 0.2) is 33.5 Å². The van der Waals surface area contributed by atoms with E-state index in [-0.39, 0.29) is 16.9 Å². The number of rotatable bonds is 7. The molecule has 0 unspecified atom stereocenters. The average molecular weight is 388 g/mol. The minimum absolute atomic E-state index is 0.115. The Labute approximate surface area is 152 Å². The first kappa shape index (κ1) is 19.2. The van der Waals surface area contributed by atoms with E-state index >= 15 is 0 Å². The van der Waals surface area contributed by atoms with Crippen molar-refractivity contribution < 1.29 is 23.5 Å². The second-order valence-electron chi connectivity index (χ2n) is 4.97. The Morgan fingerprint density at radius 2 is 2.04 bits per heavy atom. The number of benzene rings is 1. The quantitative estimate of drug-likeness (QED) is 0.257. The van der Waals surface area contributed by atoms with Crippen LogP contribution in [0.25, 0.3) is 11.0 Å². The molecule has 0 saturated carbocycles. The standard InChI is InChI=1S/C16H15Cl2NO6/c1-23-6-2-5-19-14(20)11-7-9-3-4-10(24-16(22)13(17)18)8-12(9)25-15(11)21/h3-4,7-8,13H,2,5-6H2,1H3,(H,19,20). The average Bonchev–Trinajstić information content (AvgIpc) is 2.57. The van der Waals surface area contributed by atoms with Crippen LogP contribution in [0.2, 0.25) is 0 Å². The van der Waals surface area contributed by atoms with Crippen LogP contribution in [0, 0.1) is 0 Å². The highest BCUT2D eigenvalue weighted by Gasteiger charge is 2.16. The minimum Gasteiger partial charge on any atom is -0.424 e. The summed E-state index contributed by atoms with van der Waals surface area (Å²) in [6.45, 7) is 0.872. The molecule has 25 heavy (non-hydrogen) atoms. The van der Waals surface area contributed by atoms with E-state index in [0.29, 0.717) is 25.0 Å². The number of amides is 1. The first-order valence-corrected chi connectivity index (χ1v) is 8.14. The van der Waals surface area contributed by atoms with Gasteiger partial charge in [0.15, 0.2) is 0 Å². The summed E-state index contributed by atoms with van der Waals surface area (Å²) in [6.07, 6.45) is 0.623. The lowest BCUT2D eigenvalue weighted by Gasteiger charge is -2.07. The number of halogens is 2. The molecule has 0 aliphatic rings. The maximum absolute atomic E-state index is 12.0. The Morgan fingerprint density at radius 1 is 1.28 bits per heavy atom. The first-order valence-electron chi connectivity index (χ1n) is 7.27. The van der Waals surface area contributed by atoms with Gasteiger partial charge in [-0.05, 0) is 24.6 Å². The molecular formula is C16H15Cl2NO6. The van der Waals surface area contributed by atoms with E-state index in [1.807, 2.05) is 0 Å². The van der Waals surface area contributed by atoms with Crippen molar-refractivity contribution in [2.45, 2.75) is 11.3 Å². The summed E-state index contributed by atoms with van der Waals surface area (Å²) in [5.74, 6) is -1.27. The number of nitrogens with one attached hydrogen (secondary N) is 1. The lowest BCUT2D eigenvalue weighted by Crippen LogP contribution is -2.29. The predicted molar refractivity (Wildman–Crippen MR) is 92.4 cm³/mol. The van der Waals surface area contributed by atoms with Crippen molar-refractivity contribution in [1.29, 1.82) is 0 Å². The van der Waals surface area contributed by atoms with Crippen molar-refractivity contribution in [3.05, 3.63) is 40.2 Å². The van der Waals surface area contributed by atoms with E-state index in [1.54, 1.807) is 13.2 Å². The van der Waals surface area contributed by atoms with E-state index in [0.717, 1.165) is 0 Å². The van der Waals surface area contributed by atoms with Crippen molar-refractivity contribution in [1.82, 2.24) is 5.32 Å². The highest BCUT2D eigenvalue weighted by atomic mass is 35.5. The van der Waals surface area contributed by atoms with Gasteiger partial charge in [0.1, 0.15) is 16.9 Å². The van der Waals surface area contributed by atoms with Crippen LogP contribution < -0.4 is 15.7 Å². The maximum atomic E-state index is 12.0. The second kappa shape index (κ2) is 8.84. The topological polar surface area (TPSA) is 94.8 Å². The number of methoxy groups -OCH3 is 1. The van der Waals surface area contributed by atoms with Crippen molar-refractivity contribution in [3.63, 3.8) is 0 Å². The third-order valence-electron chi connectivity index (χ3n) is 3.16. The lowest BCUT2D eigenvalue weighted by atomic mass is 10.1. The summed E-state index contributed by atoms with van der Waals surface area (Å²) in [7, 11) is 1.56. The van der Waals surface area contributed by atoms with Gasteiger partial charge in [-0.25, -0.2) is 9.59 Å². The molecule has 1 heterocycles. The number of hydrogen-bond acceptors (Lipinski definition) is 6. The van der Waals surface area contributed by atoms with Crippen LogP contribution >= 0.6 is 23.2 Å². The van der Waals surface area contributed by atoms with Gasteiger partial charge in [-0.1, -0.05) is 23.2 Å². The van der Waals surface area contributed by atoms with E-state index in [2.05, 4.69) is 5.32 Å². The van der Waals surface area contributed by atoms with Crippen LogP contribution in [0.4, 0.5) is 0 Å². The molecule has 1 aromatic carbocycles. The zero-order valence-electron chi connectivity index (χ0n) is 13.2. The first-order chi connectivity index (χ1) is 11.9. The zero-order valence-corrected chi connectivity index (χ0v) is 14.7. The summed E-state index contributed by atoms with van der Waals surface area (Å²) in [5.41, 5.74) is -0.754. The number of carbonyl (C=O) groups excluding carboxylic acids is 2. The van der Waals surface area contributed by atoms with Crippen molar-refractivity contribution in [3.8, 4) is 5.75 Å². The highest BCUT2D eigenvalue weighted by molar-refractivity contribution is 6.53. The summed E-state index contributed by atoms with van der Waals surface area (Å²) in [4.78, 5) is 34.1. The van der Waals surface area contributed by atoms with Gasteiger partial charge in [-0.3, -0.25) is 4.79 Å². The summed E-state index contributed by atoms with van der Waals surface area (Å²) < 4.78 is 14.9. The Morgan fingerprint density at radius 3 is 2.72 bits per heavy atom. The molecule has 1 amide bonds. The monoisotopic (exact) mass is 387 g/mol. The fourth-order valence-electron chi connectivity index (χ4n) is 1.99. The Hall–Kier alpha value is -2.09. The lowest BCUT2D eigenvalue weighted by molar-refractivity contribution is -0.132. The molecule has 0 spiro atoms. The molecule has 1 N–H and O–H groups in total. The van der Waals surface area contributed by atoms with Crippen LogP contribution in [0.5, 0.6) is 5.75 Å². The molecule has 0 saturated heterocycles. The van der Waals surface area contributed by atoms with Crippen LogP contribution in [0.3, 0.4) is 0 Å². The van der Waals surface area contributed by atoms with Gasteiger partial charge in [0.25, 0.3) is 5.91 Å². The number of carbonyl (C=O) groups is 2. The van der Waals surface area contributed by atoms with Gasteiger partial charge in [0.2, 0.25) is 4.84 Å². The number of hydrogen-bond donors (Lipinski definition) is 1. The normalized spacial score (nSPS) is 10.9. The molecule has 0 aliphatic heterocycles. The van der Waals surface area contributed by atoms with Crippen molar-refractivity contribution >= 4 is 46.0 Å². The molecule has 134 valence electrons. The highest BCUT2D eigenvalue weighted by Crippen LogP contribution is 2.21. The number of esters is 1. The minimum atomic E-state index is -1.33. The molecule has 0 radical (unpaired) electrons. The molecule has 0 fully saturated rings. The van der Waals surface area contributed by atoms with Gasteiger partial charge < -0.3 is 19.2 Å². The zero-order chi connectivity index (χ0) is 18.4. The number of fused-ring (bicyclic) bond motifs is 1. The van der Waals surface area contributed by atoms with Gasteiger partial charge in [0.05, 0.1) is 0 Å². The fourth-order valence-corrected chi connectivity index (χ4v) is 2.08.